The van der Waals surface area contributed by atoms with Crippen LogP contribution >= 0.6 is 0 Å². The van der Waals surface area contributed by atoms with Gasteiger partial charge in [0.25, 0.3) is 0 Å². The van der Waals surface area contributed by atoms with Crippen LogP contribution in [0.15, 0.2) is 48.5 Å². The number of carbonyl (C=O) groups is 3. The van der Waals surface area contributed by atoms with Gasteiger partial charge in [-0.2, -0.15) is 8.78 Å². The average molecular weight is 404 g/mol. The van der Waals surface area contributed by atoms with Crippen molar-refractivity contribution in [2.45, 2.75) is 26.1 Å². The van der Waals surface area contributed by atoms with Crippen LogP contribution < -0.4 is 15.0 Å². The van der Waals surface area contributed by atoms with E-state index in [9.17, 15) is 23.2 Å². The van der Waals surface area contributed by atoms with Crippen LogP contribution in [0.3, 0.4) is 0 Å². The summed E-state index contributed by atoms with van der Waals surface area (Å²) < 4.78 is 33.6. The molecule has 152 valence electrons. The van der Waals surface area contributed by atoms with Crippen molar-refractivity contribution in [1.82, 2.24) is 0 Å². The molecule has 0 bridgehead atoms. The van der Waals surface area contributed by atoms with Gasteiger partial charge in [-0.3, -0.25) is 14.4 Å². The van der Waals surface area contributed by atoms with Crippen molar-refractivity contribution in [3.63, 3.8) is 0 Å². The lowest BCUT2D eigenvalue weighted by Crippen LogP contribution is -2.42. The number of halogens is 2. The molecule has 0 fully saturated rings. The molecule has 2 aromatic rings. The van der Waals surface area contributed by atoms with Gasteiger partial charge in [0.1, 0.15) is 18.9 Å². The van der Waals surface area contributed by atoms with Gasteiger partial charge >= 0.3 is 12.6 Å². The zero-order valence-electron chi connectivity index (χ0n) is 15.3. The second kappa shape index (κ2) is 9.13. The van der Waals surface area contributed by atoms with Crippen molar-refractivity contribution in [2.24, 2.45) is 0 Å². The minimum Gasteiger partial charge on any atom is -0.461 e. The molecule has 0 atom stereocenters. The van der Waals surface area contributed by atoms with Gasteiger partial charge in [0.05, 0.1) is 17.8 Å². The summed E-state index contributed by atoms with van der Waals surface area (Å²) in [5, 5.41) is 2.69. The van der Waals surface area contributed by atoms with Crippen LogP contribution in [-0.4, -0.2) is 30.9 Å². The molecule has 2 aromatic carbocycles. The quantitative estimate of drug-likeness (QED) is 0.717. The molecule has 1 N–H and O–H groups in total. The Kier molecular flexibility index (Phi) is 6.38. The highest BCUT2D eigenvalue weighted by atomic mass is 19.3. The van der Waals surface area contributed by atoms with E-state index < -0.39 is 12.6 Å². The summed E-state index contributed by atoms with van der Waals surface area (Å²) in [6.07, 6.45) is -0.257. The summed E-state index contributed by atoms with van der Waals surface area (Å²) in [6, 6.07) is 12.6. The van der Waals surface area contributed by atoms with Crippen molar-refractivity contribution < 1.29 is 32.6 Å². The van der Waals surface area contributed by atoms with E-state index in [2.05, 4.69) is 10.1 Å². The second-order valence-electron chi connectivity index (χ2n) is 6.23. The van der Waals surface area contributed by atoms with Crippen LogP contribution in [0.2, 0.25) is 0 Å². The Labute approximate surface area is 165 Å². The first-order chi connectivity index (χ1) is 13.9. The zero-order valence-corrected chi connectivity index (χ0v) is 15.3. The summed E-state index contributed by atoms with van der Waals surface area (Å²) in [5.74, 6) is -1.25. The predicted molar refractivity (Wildman–Crippen MR) is 99.5 cm³/mol. The molecule has 7 nitrogen and oxygen atoms in total. The number of esters is 1. The topological polar surface area (TPSA) is 84.9 Å². The number of fused-ring (bicyclic) bond motifs is 1. The summed E-state index contributed by atoms with van der Waals surface area (Å²) >= 11 is 0. The van der Waals surface area contributed by atoms with E-state index in [1.165, 1.54) is 29.2 Å². The number of hydrogen-bond acceptors (Lipinski definition) is 5. The minimum atomic E-state index is -2.91. The molecule has 29 heavy (non-hydrogen) atoms. The van der Waals surface area contributed by atoms with Crippen molar-refractivity contribution in [1.29, 1.82) is 0 Å². The van der Waals surface area contributed by atoms with E-state index in [0.717, 1.165) is 0 Å². The minimum absolute atomic E-state index is 0.00604. The van der Waals surface area contributed by atoms with E-state index in [4.69, 9.17) is 4.74 Å². The number of hydrogen-bond donors (Lipinski definition) is 1. The molecule has 1 aliphatic rings. The maximum atomic E-state index is 12.5. The van der Waals surface area contributed by atoms with Gasteiger partial charge in [-0.25, -0.2) is 0 Å². The van der Waals surface area contributed by atoms with Crippen LogP contribution in [0.5, 0.6) is 5.75 Å². The van der Waals surface area contributed by atoms with Gasteiger partial charge in [0.2, 0.25) is 11.8 Å². The highest BCUT2D eigenvalue weighted by molar-refractivity contribution is 6.10. The van der Waals surface area contributed by atoms with Gasteiger partial charge in [-0.1, -0.05) is 24.3 Å². The van der Waals surface area contributed by atoms with Crippen LogP contribution in [0.4, 0.5) is 20.2 Å². The monoisotopic (exact) mass is 404 g/mol. The van der Waals surface area contributed by atoms with E-state index in [-0.39, 0.29) is 43.6 Å². The molecule has 0 saturated carbocycles. The van der Waals surface area contributed by atoms with Crippen molar-refractivity contribution in [2.75, 3.05) is 16.8 Å². The van der Waals surface area contributed by atoms with Crippen LogP contribution in [-0.2, 0) is 25.7 Å². The zero-order chi connectivity index (χ0) is 20.8. The van der Waals surface area contributed by atoms with Gasteiger partial charge in [-0.15, -0.1) is 0 Å². The van der Waals surface area contributed by atoms with Crippen molar-refractivity contribution in [3.05, 3.63) is 54.1 Å². The van der Waals surface area contributed by atoms with Gasteiger partial charge < -0.3 is 19.7 Å². The van der Waals surface area contributed by atoms with Crippen LogP contribution in [0.1, 0.15) is 18.4 Å². The van der Waals surface area contributed by atoms with Gasteiger partial charge in [-0.05, 0) is 29.8 Å². The molecule has 0 unspecified atom stereocenters. The highest BCUT2D eigenvalue weighted by Crippen LogP contribution is 2.29. The second-order valence-corrected chi connectivity index (χ2v) is 6.23. The van der Waals surface area contributed by atoms with Gasteiger partial charge in [0, 0.05) is 6.42 Å². The number of anilines is 2. The number of carbonyl (C=O) groups excluding carboxylic acids is 3. The smallest absolute Gasteiger partial charge is 0.387 e. The standard InChI is InChI=1S/C20H18F2N2O5/c21-20(22)29-14-7-5-13(6-8-14)12-28-19(27)10-9-18(26)24-11-17(25)23-15-3-1-2-4-16(15)24/h1-8,20H,9-12H2,(H,23,25). The van der Waals surface area contributed by atoms with E-state index in [1.54, 1.807) is 24.3 Å². The van der Waals surface area contributed by atoms with Crippen LogP contribution in [0, 0.1) is 0 Å². The number of nitrogens with one attached hydrogen (secondary N) is 1. The van der Waals surface area contributed by atoms with E-state index in [0.29, 0.717) is 16.9 Å². The lowest BCUT2D eigenvalue weighted by molar-refractivity contribution is -0.146. The molecule has 0 aromatic heterocycles. The Morgan fingerprint density at radius 3 is 2.52 bits per heavy atom. The summed E-state index contributed by atoms with van der Waals surface area (Å²) in [4.78, 5) is 37.5. The molecule has 3 rings (SSSR count). The Balaban J connectivity index is 1.48. The molecule has 0 saturated heterocycles. The molecule has 1 heterocycles. The molecule has 0 radical (unpaired) electrons. The molecular formula is C20H18F2N2O5. The fourth-order valence-corrected chi connectivity index (χ4v) is 2.80. The first kappa shape index (κ1) is 20.2. The molecule has 2 amide bonds. The SMILES string of the molecule is O=C1CN(C(=O)CCC(=O)OCc2ccc(OC(F)F)cc2)c2ccccc2N1. The molecule has 0 spiro atoms. The van der Waals surface area contributed by atoms with Crippen molar-refractivity contribution in [3.8, 4) is 5.75 Å². The fraction of sp³-hybridized carbons (Fsp3) is 0.250. The number of para-hydroxylation sites is 2. The number of benzene rings is 2. The first-order valence-corrected chi connectivity index (χ1v) is 8.81. The third-order valence-corrected chi connectivity index (χ3v) is 4.16. The Hall–Kier alpha value is -3.49. The number of ether oxygens (including phenoxy) is 2. The number of rotatable bonds is 7. The Morgan fingerprint density at radius 1 is 1.07 bits per heavy atom. The number of alkyl halides is 2. The molecule has 9 heteroatoms. The third kappa shape index (κ3) is 5.50. The maximum absolute atomic E-state index is 12.5. The predicted octanol–water partition coefficient (Wildman–Crippen LogP) is 3.10. The number of amides is 2. The lowest BCUT2D eigenvalue weighted by atomic mass is 10.1. The number of nitrogens with zero attached hydrogens (tertiary/aromatic N) is 1. The molecule has 1 aliphatic heterocycles. The van der Waals surface area contributed by atoms with E-state index >= 15 is 0 Å². The molecular weight excluding hydrogens is 386 g/mol. The summed E-state index contributed by atoms with van der Waals surface area (Å²) in [5.41, 5.74) is 1.71. The Morgan fingerprint density at radius 2 is 1.79 bits per heavy atom. The Bertz CT molecular complexity index is 902. The normalized spacial score (nSPS) is 12.9. The lowest BCUT2D eigenvalue weighted by Gasteiger charge is -2.29. The molecule has 0 aliphatic carbocycles. The first-order valence-electron chi connectivity index (χ1n) is 8.81. The highest BCUT2D eigenvalue weighted by Gasteiger charge is 2.26. The summed E-state index contributed by atoms with van der Waals surface area (Å²) in [7, 11) is 0. The van der Waals surface area contributed by atoms with Crippen LogP contribution in [0.25, 0.3) is 0 Å². The average Bonchev–Trinajstić information content (AvgIpc) is 2.70. The maximum Gasteiger partial charge on any atom is 0.387 e. The fourth-order valence-electron chi connectivity index (χ4n) is 2.80. The van der Waals surface area contributed by atoms with Gasteiger partial charge in [0.15, 0.2) is 0 Å². The largest absolute Gasteiger partial charge is 0.461 e. The third-order valence-electron chi connectivity index (χ3n) is 4.16. The van der Waals surface area contributed by atoms with Crippen molar-refractivity contribution >= 4 is 29.2 Å². The summed E-state index contributed by atoms with van der Waals surface area (Å²) in [6.45, 7) is -3.08. The van der Waals surface area contributed by atoms with E-state index in [1.807, 2.05) is 0 Å².